The Balaban J connectivity index is 1.50. The van der Waals surface area contributed by atoms with Crippen molar-refractivity contribution in [3.05, 3.63) is 40.8 Å². The zero-order valence-corrected chi connectivity index (χ0v) is 15.4. The van der Waals surface area contributed by atoms with Gasteiger partial charge < -0.3 is 20.1 Å². The number of fused-ring (bicyclic) bond motifs is 3. The number of nitrogens with zero attached hydrogens (tertiary/aromatic N) is 2. The van der Waals surface area contributed by atoms with Crippen LogP contribution in [0.4, 0.5) is 15.9 Å². The summed E-state index contributed by atoms with van der Waals surface area (Å²) in [7, 11) is 0. The van der Waals surface area contributed by atoms with Crippen molar-refractivity contribution in [2.75, 3.05) is 18.5 Å². The summed E-state index contributed by atoms with van der Waals surface area (Å²) in [5.41, 5.74) is 1.95. The molecule has 4 heterocycles. The normalized spacial score (nSPS) is 17.2. The smallest absolute Gasteiger partial charge is 0.146 e. The lowest BCUT2D eigenvalue weighted by Gasteiger charge is -2.24. The van der Waals surface area contributed by atoms with E-state index in [4.69, 9.17) is 9.47 Å². The maximum atomic E-state index is 13.9. The molecule has 0 spiro atoms. The summed E-state index contributed by atoms with van der Waals surface area (Å²) < 4.78 is 25.3. The molecule has 1 aromatic carbocycles. The average Bonchev–Trinajstić information content (AvgIpc) is 3.26. The Labute approximate surface area is 159 Å². The fourth-order valence-electron chi connectivity index (χ4n) is 3.56. The minimum absolute atomic E-state index is 0.0288. The number of rotatable bonds is 4. The Morgan fingerprint density at radius 2 is 2.11 bits per heavy atom. The molecule has 3 aromatic rings. The van der Waals surface area contributed by atoms with E-state index in [0.29, 0.717) is 24.7 Å². The maximum Gasteiger partial charge on any atom is 0.146 e. The SMILES string of the molecule is Fc1ccc(Nc2ncnc3sc4c(c23)CNC4)c(OC2CCOCC2)c1. The van der Waals surface area contributed by atoms with Crippen LogP contribution in [0.15, 0.2) is 24.5 Å². The van der Waals surface area contributed by atoms with E-state index >= 15 is 0 Å². The highest BCUT2D eigenvalue weighted by atomic mass is 32.1. The molecule has 0 bridgehead atoms. The molecule has 8 heteroatoms. The van der Waals surface area contributed by atoms with Crippen LogP contribution in [-0.4, -0.2) is 29.3 Å². The molecule has 0 atom stereocenters. The average molecular weight is 386 g/mol. The summed E-state index contributed by atoms with van der Waals surface area (Å²) in [5.74, 6) is 0.902. The molecular formula is C19H19FN4O2S. The highest BCUT2D eigenvalue weighted by Crippen LogP contribution is 2.38. The lowest BCUT2D eigenvalue weighted by molar-refractivity contribution is 0.0257. The zero-order valence-electron chi connectivity index (χ0n) is 14.6. The monoisotopic (exact) mass is 386 g/mol. The van der Waals surface area contributed by atoms with Gasteiger partial charge in [-0.3, -0.25) is 0 Å². The number of nitrogens with one attached hydrogen (secondary N) is 2. The van der Waals surface area contributed by atoms with Crippen molar-refractivity contribution in [3.63, 3.8) is 0 Å². The summed E-state index contributed by atoms with van der Waals surface area (Å²) >= 11 is 1.69. The Morgan fingerprint density at radius 3 is 3.00 bits per heavy atom. The molecule has 27 heavy (non-hydrogen) atoms. The van der Waals surface area contributed by atoms with E-state index in [1.807, 2.05) is 0 Å². The number of hydrogen-bond acceptors (Lipinski definition) is 7. The highest BCUT2D eigenvalue weighted by molar-refractivity contribution is 7.19. The third kappa shape index (κ3) is 3.24. The lowest BCUT2D eigenvalue weighted by Crippen LogP contribution is -2.26. The van der Waals surface area contributed by atoms with Gasteiger partial charge in [-0.25, -0.2) is 14.4 Å². The van der Waals surface area contributed by atoms with E-state index < -0.39 is 0 Å². The van der Waals surface area contributed by atoms with Crippen molar-refractivity contribution in [2.24, 2.45) is 0 Å². The molecule has 2 aromatic heterocycles. The molecule has 0 amide bonds. The maximum absolute atomic E-state index is 13.9. The van der Waals surface area contributed by atoms with E-state index in [0.717, 1.165) is 42.0 Å². The molecule has 6 nitrogen and oxygen atoms in total. The number of anilines is 2. The molecule has 2 aliphatic rings. The van der Waals surface area contributed by atoms with Crippen LogP contribution in [0, 0.1) is 5.82 Å². The largest absolute Gasteiger partial charge is 0.488 e. The molecule has 140 valence electrons. The van der Waals surface area contributed by atoms with Crippen molar-refractivity contribution in [1.82, 2.24) is 15.3 Å². The van der Waals surface area contributed by atoms with Crippen LogP contribution in [-0.2, 0) is 17.8 Å². The fraction of sp³-hybridized carbons (Fsp3) is 0.368. The van der Waals surface area contributed by atoms with Crippen LogP contribution >= 0.6 is 11.3 Å². The third-order valence-corrected chi connectivity index (χ3v) is 6.06. The summed E-state index contributed by atoms with van der Waals surface area (Å²) in [5, 5.41) is 7.75. The fourth-order valence-corrected chi connectivity index (χ4v) is 4.69. The van der Waals surface area contributed by atoms with E-state index in [1.165, 1.54) is 22.6 Å². The molecule has 2 N–H and O–H groups in total. The van der Waals surface area contributed by atoms with Crippen LogP contribution in [0.2, 0.25) is 0 Å². The molecular weight excluding hydrogens is 367 g/mol. The first-order valence-corrected chi connectivity index (χ1v) is 9.86. The second-order valence-corrected chi connectivity index (χ2v) is 7.79. The second-order valence-electron chi connectivity index (χ2n) is 6.70. The van der Waals surface area contributed by atoms with Gasteiger partial charge in [-0.05, 0) is 17.7 Å². The van der Waals surface area contributed by atoms with Crippen LogP contribution in [0.1, 0.15) is 23.3 Å². The number of ether oxygens (including phenoxy) is 2. The molecule has 1 saturated heterocycles. The van der Waals surface area contributed by atoms with E-state index in [1.54, 1.807) is 23.7 Å². The summed E-state index contributed by atoms with van der Waals surface area (Å²) in [6.45, 7) is 3.02. The second kappa shape index (κ2) is 7.03. The van der Waals surface area contributed by atoms with Crippen LogP contribution in [0.3, 0.4) is 0 Å². The Bertz CT molecular complexity index is 987. The number of benzene rings is 1. The Kier molecular flexibility index (Phi) is 4.39. The van der Waals surface area contributed by atoms with Crippen molar-refractivity contribution in [3.8, 4) is 5.75 Å². The first-order valence-electron chi connectivity index (χ1n) is 9.05. The van der Waals surface area contributed by atoms with Crippen LogP contribution in [0.5, 0.6) is 5.75 Å². The van der Waals surface area contributed by atoms with Gasteiger partial charge in [0.15, 0.2) is 0 Å². The Morgan fingerprint density at radius 1 is 1.22 bits per heavy atom. The van der Waals surface area contributed by atoms with E-state index in [2.05, 4.69) is 20.6 Å². The van der Waals surface area contributed by atoms with Gasteiger partial charge >= 0.3 is 0 Å². The topological polar surface area (TPSA) is 68.3 Å². The lowest BCUT2D eigenvalue weighted by atomic mass is 10.1. The molecule has 0 saturated carbocycles. The van der Waals surface area contributed by atoms with Gasteiger partial charge in [0.1, 0.15) is 34.6 Å². The van der Waals surface area contributed by atoms with Crippen molar-refractivity contribution in [1.29, 1.82) is 0 Å². The number of hydrogen-bond donors (Lipinski definition) is 2. The minimum atomic E-state index is -0.323. The molecule has 0 radical (unpaired) electrons. The predicted octanol–water partition coefficient (Wildman–Crippen LogP) is 3.74. The molecule has 1 fully saturated rings. The van der Waals surface area contributed by atoms with Crippen molar-refractivity contribution in [2.45, 2.75) is 32.0 Å². The predicted molar refractivity (Wildman–Crippen MR) is 102 cm³/mol. The zero-order chi connectivity index (χ0) is 18.2. The molecule has 5 rings (SSSR count). The number of halogens is 1. The van der Waals surface area contributed by atoms with Crippen molar-refractivity contribution < 1.29 is 13.9 Å². The summed E-state index contributed by atoms with van der Waals surface area (Å²) in [6, 6.07) is 4.55. The Hall–Kier alpha value is -2.29. The number of aromatic nitrogens is 2. The molecule has 0 unspecified atom stereocenters. The van der Waals surface area contributed by atoms with Gasteiger partial charge in [0.25, 0.3) is 0 Å². The van der Waals surface area contributed by atoms with Gasteiger partial charge in [-0.1, -0.05) is 0 Å². The number of thiophene rings is 1. The molecule has 2 aliphatic heterocycles. The van der Waals surface area contributed by atoms with Gasteiger partial charge in [-0.15, -0.1) is 11.3 Å². The van der Waals surface area contributed by atoms with Gasteiger partial charge in [-0.2, -0.15) is 0 Å². The molecule has 0 aliphatic carbocycles. The minimum Gasteiger partial charge on any atom is -0.488 e. The summed E-state index contributed by atoms with van der Waals surface area (Å²) in [4.78, 5) is 11.1. The van der Waals surface area contributed by atoms with Crippen LogP contribution < -0.4 is 15.4 Å². The summed E-state index contributed by atoms with van der Waals surface area (Å²) in [6.07, 6.45) is 3.20. The first kappa shape index (κ1) is 16.9. The third-order valence-electron chi connectivity index (χ3n) is 4.92. The first-order chi connectivity index (χ1) is 13.3. The standard InChI is InChI=1S/C19H19FN4O2S/c20-11-1-2-14(15(7-11)26-12-3-5-25-6-4-12)24-18-17-13-8-21-9-16(13)27-19(17)23-10-22-18/h1-2,7,10,12,21H,3-6,8-9H2,(H,22,23,24). The van der Waals surface area contributed by atoms with Crippen LogP contribution in [0.25, 0.3) is 10.2 Å². The van der Waals surface area contributed by atoms with E-state index in [9.17, 15) is 4.39 Å². The van der Waals surface area contributed by atoms with Gasteiger partial charge in [0.05, 0.1) is 24.3 Å². The highest BCUT2D eigenvalue weighted by Gasteiger charge is 2.22. The van der Waals surface area contributed by atoms with Crippen molar-refractivity contribution >= 4 is 33.1 Å². The van der Waals surface area contributed by atoms with Gasteiger partial charge in [0.2, 0.25) is 0 Å². The van der Waals surface area contributed by atoms with Gasteiger partial charge in [0, 0.05) is 36.9 Å². The van der Waals surface area contributed by atoms with E-state index in [-0.39, 0.29) is 11.9 Å². The quantitative estimate of drug-likeness (QED) is 0.712.